The predicted molar refractivity (Wildman–Crippen MR) is 99.4 cm³/mol. The number of carbonyl (C=O) groups is 1. The molecule has 0 N–H and O–H groups in total. The van der Waals surface area contributed by atoms with Crippen molar-refractivity contribution in [1.29, 1.82) is 0 Å². The van der Waals surface area contributed by atoms with Gasteiger partial charge in [-0.05, 0) is 62.1 Å². The molecule has 4 rings (SSSR count). The molecule has 0 unspecified atom stereocenters. The van der Waals surface area contributed by atoms with Crippen molar-refractivity contribution in [2.75, 3.05) is 6.61 Å². The third-order valence-electron chi connectivity index (χ3n) is 6.21. The van der Waals surface area contributed by atoms with E-state index in [-0.39, 0.29) is 5.92 Å². The van der Waals surface area contributed by atoms with E-state index < -0.39 is 0 Å². The maximum absolute atomic E-state index is 13.0. The van der Waals surface area contributed by atoms with E-state index in [9.17, 15) is 4.79 Å². The highest BCUT2D eigenvalue weighted by molar-refractivity contribution is 5.79. The van der Waals surface area contributed by atoms with Gasteiger partial charge in [0, 0.05) is 18.5 Å². The summed E-state index contributed by atoms with van der Waals surface area (Å²) in [4.78, 5) is 15.1. The number of rotatable bonds is 7. The fraction of sp³-hybridized carbons (Fsp3) is 0.682. The normalized spacial score (nSPS) is 21.6. The first-order chi connectivity index (χ1) is 12.3. The lowest BCUT2D eigenvalue weighted by molar-refractivity contribution is -0.137. The minimum atomic E-state index is 0.277. The van der Waals surface area contributed by atoms with Crippen LogP contribution in [0.25, 0.3) is 0 Å². The Morgan fingerprint density at radius 2 is 1.64 bits per heavy atom. The van der Waals surface area contributed by atoms with Gasteiger partial charge in [0.25, 0.3) is 0 Å². The van der Waals surface area contributed by atoms with Crippen molar-refractivity contribution < 1.29 is 9.53 Å². The highest BCUT2D eigenvalue weighted by Crippen LogP contribution is 2.33. The second-order valence-electron chi connectivity index (χ2n) is 8.28. The molecule has 0 spiro atoms. The molecule has 1 amide bonds. The first-order valence-corrected chi connectivity index (χ1v) is 10.3. The summed E-state index contributed by atoms with van der Waals surface area (Å²) in [6, 6.07) is 8.91. The van der Waals surface area contributed by atoms with Gasteiger partial charge >= 0.3 is 0 Å². The fourth-order valence-corrected chi connectivity index (χ4v) is 4.12. The largest absolute Gasteiger partial charge is 0.493 e. The Morgan fingerprint density at radius 1 is 0.920 bits per heavy atom. The Kier molecular flexibility index (Phi) is 5.28. The smallest absolute Gasteiger partial charge is 0.226 e. The summed E-state index contributed by atoms with van der Waals surface area (Å²) < 4.78 is 5.89. The van der Waals surface area contributed by atoms with E-state index in [0.717, 1.165) is 37.7 Å². The van der Waals surface area contributed by atoms with E-state index in [1.807, 2.05) is 0 Å². The predicted octanol–water partition coefficient (Wildman–Crippen LogP) is 4.94. The molecule has 3 saturated carbocycles. The highest BCUT2D eigenvalue weighted by atomic mass is 16.5. The summed E-state index contributed by atoms with van der Waals surface area (Å²) in [5, 5.41) is 0. The number of hydrogen-bond donors (Lipinski definition) is 0. The van der Waals surface area contributed by atoms with Crippen LogP contribution in [0.1, 0.15) is 69.8 Å². The summed E-state index contributed by atoms with van der Waals surface area (Å²) in [6.07, 6.45) is 12.3. The molecule has 25 heavy (non-hydrogen) atoms. The molecule has 3 fully saturated rings. The van der Waals surface area contributed by atoms with Crippen LogP contribution in [0.3, 0.4) is 0 Å². The molecule has 0 atom stereocenters. The van der Waals surface area contributed by atoms with Crippen molar-refractivity contribution in [3.63, 3.8) is 0 Å². The third kappa shape index (κ3) is 4.37. The van der Waals surface area contributed by atoms with Crippen LogP contribution in [-0.2, 0) is 11.3 Å². The summed E-state index contributed by atoms with van der Waals surface area (Å²) in [5.74, 6) is 2.41. The van der Waals surface area contributed by atoms with Crippen LogP contribution >= 0.6 is 0 Å². The van der Waals surface area contributed by atoms with Gasteiger partial charge in [0.05, 0.1) is 6.61 Å². The number of nitrogens with zero attached hydrogens (tertiary/aromatic N) is 1. The molecule has 1 aromatic carbocycles. The molecule has 3 heteroatoms. The van der Waals surface area contributed by atoms with Crippen molar-refractivity contribution in [2.45, 2.75) is 76.8 Å². The Balaban J connectivity index is 1.34. The zero-order chi connectivity index (χ0) is 17.1. The molecule has 1 aromatic rings. The van der Waals surface area contributed by atoms with Gasteiger partial charge in [-0.2, -0.15) is 0 Å². The van der Waals surface area contributed by atoms with Crippen LogP contribution in [0.5, 0.6) is 5.75 Å². The molecule has 0 aromatic heterocycles. The molecule has 136 valence electrons. The van der Waals surface area contributed by atoms with E-state index in [1.54, 1.807) is 0 Å². The van der Waals surface area contributed by atoms with E-state index in [4.69, 9.17) is 4.74 Å². The highest BCUT2D eigenvalue weighted by Gasteiger charge is 2.36. The van der Waals surface area contributed by atoms with Crippen LogP contribution in [0, 0.1) is 11.8 Å². The van der Waals surface area contributed by atoms with Crippen LogP contribution in [0.2, 0.25) is 0 Å². The monoisotopic (exact) mass is 341 g/mol. The molecule has 0 radical (unpaired) electrons. The third-order valence-corrected chi connectivity index (χ3v) is 6.21. The first-order valence-electron chi connectivity index (χ1n) is 10.3. The van der Waals surface area contributed by atoms with Crippen molar-refractivity contribution in [3.05, 3.63) is 29.8 Å². The van der Waals surface area contributed by atoms with E-state index >= 15 is 0 Å². The van der Waals surface area contributed by atoms with Crippen molar-refractivity contribution in [2.24, 2.45) is 11.8 Å². The van der Waals surface area contributed by atoms with Gasteiger partial charge < -0.3 is 9.64 Å². The second kappa shape index (κ2) is 7.80. The van der Waals surface area contributed by atoms with Crippen LogP contribution < -0.4 is 4.74 Å². The van der Waals surface area contributed by atoms with E-state index in [1.165, 1.54) is 56.9 Å². The summed E-state index contributed by atoms with van der Waals surface area (Å²) in [7, 11) is 0. The Labute approximate surface area is 151 Å². The van der Waals surface area contributed by atoms with Crippen molar-refractivity contribution >= 4 is 5.91 Å². The maximum Gasteiger partial charge on any atom is 0.226 e. The maximum atomic E-state index is 13.0. The van der Waals surface area contributed by atoms with Gasteiger partial charge in [0.1, 0.15) is 5.75 Å². The minimum Gasteiger partial charge on any atom is -0.493 e. The zero-order valence-corrected chi connectivity index (χ0v) is 15.3. The van der Waals surface area contributed by atoms with Crippen LogP contribution in [0.15, 0.2) is 24.3 Å². The molecule has 0 bridgehead atoms. The van der Waals surface area contributed by atoms with Crippen LogP contribution in [0.4, 0.5) is 0 Å². The molecule has 3 aliphatic carbocycles. The summed E-state index contributed by atoms with van der Waals surface area (Å²) in [6.45, 7) is 1.62. The van der Waals surface area contributed by atoms with Gasteiger partial charge in [0.2, 0.25) is 5.91 Å². The molecular weight excluding hydrogens is 310 g/mol. The molecule has 3 aliphatic rings. The summed E-state index contributed by atoms with van der Waals surface area (Å²) >= 11 is 0. The SMILES string of the molecule is O=C(C1CCCCC1)N(Cc1ccc(OCC2CCC2)cc1)C1CC1. The van der Waals surface area contributed by atoms with Crippen molar-refractivity contribution in [1.82, 2.24) is 4.90 Å². The number of amides is 1. The van der Waals surface area contributed by atoms with Gasteiger partial charge in [-0.25, -0.2) is 0 Å². The lowest BCUT2D eigenvalue weighted by atomic mass is 9.86. The van der Waals surface area contributed by atoms with E-state index in [2.05, 4.69) is 29.2 Å². The zero-order valence-electron chi connectivity index (χ0n) is 15.3. The Bertz CT molecular complexity index is 568. The number of ether oxygens (including phenoxy) is 1. The van der Waals surface area contributed by atoms with E-state index in [0.29, 0.717) is 11.9 Å². The van der Waals surface area contributed by atoms with Gasteiger partial charge in [-0.1, -0.05) is 37.8 Å². The Hall–Kier alpha value is -1.51. The molecule has 0 aliphatic heterocycles. The minimum absolute atomic E-state index is 0.277. The van der Waals surface area contributed by atoms with Gasteiger partial charge in [-0.3, -0.25) is 4.79 Å². The van der Waals surface area contributed by atoms with Gasteiger partial charge in [-0.15, -0.1) is 0 Å². The number of benzene rings is 1. The average molecular weight is 341 g/mol. The summed E-state index contributed by atoms with van der Waals surface area (Å²) in [5.41, 5.74) is 1.23. The molecule has 3 nitrogen and oxygen atoms in total. The second-order valence-corrected chi connectivity index (χ2v) is 8.28. The number of hydrogen-bond acceptors (Lipinski definition) is 2. The molecule has 0 heterocycles. The van der Waals surface area contributed by atoms with Gasteiger partial charge in [0.15, 0.2) is 0 Å². The fourth-order valence-electron chi connectivity index (χ4n) is 4.12. The molecule has 0 saturated heterocycles. The topological polar surface area (TPSA) is 29.5 Å². The standard InChI is InChI=1S/C22H31NO2/c24-22(19-7-2-1-3-8-19)23(20-11-12-20)15-17-9-13-21(14-10-17)25-16-18-5-4-6-18/h9-10,13-14,18-20H,1-8,11-12,15-16H2. The number of carbonyl (C=O) groups excluding carboxylic acids is 1. The van der Waals surface area contributed by atoms with Crippen molar-refractivity contribution in [3.8, 4) is 5.75 Å². The lowest BCUT2D eigenvalue weighted by Crippen LogP contribution is -2.38. The van der Waals surface area contributed by atoms with Crippen LogP contribution in [-0.4, -0.2) is 23.5 Å². The quantitative estimate of drug-likeness (QED) is 0.703. The first kappa shape index (κ1) is 16.9. The Morgan fingerprint density at radius 3 is 2.24 bits per heavy atom. The lowest BCUT2D eigenvalue weighted by Gasteiger charge is -2.29. The molecular formula is C22H31NO2. The average Bonchev–Trinajstić information content (AvgIpc) is 3.45.